The summed E-state index contributed by atoms with van der Waals surface area (Å²) in [6, 6.07) is 13.3. The van der Waals surface area contributed by atoms with Crippen LogP contribution in [0.15, 0.2) is 59.4 Å². The molecular weight excluding hydrogens is 292 g/mol. The third-order valence-corrected chi connectivity index (χ3v) is 3.93. The van der Waals surface area contributed by atoms with Gasteiger partial charge in [0.05, 0.1) is 0 Å². The monoisotopic (exact) mass is 306 g/mol. The fraction of sp³-hybridized carbons (Fsp3) is 0.176. The smallest absolute Gasteiger partial charge is 0.258 e. The summed E-state index contributed by atoms with van der Waals surface area (Å²) in [6.45, 7) is 0.568. The number of para-hydroxylation sites is 1. The Balaban J connectivity index is 1.56. The molecule has 6 heteroatoms. The van der Waals surface area contributed by atoms with Crippen molar-refractivity contribution in [2.45, 2.75) is 12.3 Å². The molecule has 2 aromatic heterocycles. The summed E-state index contributed by atoms with van der Waals surface area (Å²) in [6.07, 6.45) is 3.75. The molecule has 23 heavy (non-hydrogen) atoms. The van der Waals surface area contributed by atoms with Gasteiger partial charge in [0.15, 0.2) is 5.82 Å². The molecule has 0 unspecified atom stereocenters. The van der Waals surface area contributed by atoms with Crippen LogP contribution in [0, 0.1) is 0 Å². The largest absolute Gasteiger partial charge is 0.334 e. The lowest BCUT2D eigenvalue weighted by Crippen LogP contribution is -2.24. The molecule has 1 amide bonds. The van der Waals surface area contributed by atoms with E-state index in [4.69, 9.17) is 4.52 Å². The third-order valence-electron chi connectivity index (χ3n) is 3.93. The van der Waals surface area contributed by atoms with E-state index in [9.17, 15) is 4.79 Å². The molecule has 0 aliphatic carbocycles. The van der Waals surface area contributed by atoms with Gasteiger partial charge < -0.3 is 9.42 Å². The molecule has 3 aromatic rings. The first kappa shape index (κ1) is 13.6. The van der Waals surface area contributed by atoms with Crippen molar-refractivity contribution in [3.8, 4) is 11.5 Å². The van der Waals surface area contributed by atoms with Crippen LogP contribution in [0.1, 0.15) is 18.2 Å². The minimum atomic E-state index is -0.0537. The zero-order valence-electron chi connectivity index (χ0n) is 12.3. The molecule has 3 heterocycles. The summed E-state index contributed by atoms with van der Waals surface area (Å²) >= 11 is 0. The summed E-state index contributed by atoms with van der Waals surface area (Å²) in [7, 11) is 0. The predicted octanol–water partition coefficient (Wildman–Crippen LogP) is 2.65. The number of hydrogen-bond acceptors (Lipinski definition) is 5. The van der Waals surface area contributed by atoms with Crippen molar-refractivity contribution in [1.29, 1.82) is 0 Å². The first-order valence-corrected chi connectivity index (χ1v) is 7.40. The van der Waals surface area contributed by atoms with Gasteiger partial charge in [0.2, 0.25) is 5.91 Å². The zero-order valence-corrected chi connectivity index (χ0v) is 12.3. The Bertz CT molecular complexity index is 817. The van der Waals surface area contributed by atoms with Crippen LogP contribution in [-0.2, 0) is 4.79 Å². The second-order valence-corrected chi connectivity index (χ2v) is 5.43. The van der Waals surface area contributed by atoms with Gasteiger partial charge in [-0.15, -0.1) is 0 Å². The Labute approximate surface area is 132 Å². The first-order chi connectivity index (χ1) is 11.3. The van der Waals surface area contributed by atoms with E-state index >= 15 is 0 Å². The lowest BCUT2D eigenvalue weighted by molar-refractivity contribution is -0.117. The van der Waals surface area contributed by atoms with Gasteiger partial charge in [0, 0.05) is 42.5 Å². The fourth-order valence-electron chi connectivity index (χ4n) is 2.75. The molecule has 114 valence electrons. The van der Waals surface area contributed by atoms with Crippen LogP contribution in [0.4, 0.5) is 5.69 Å². The molecule has 0 spiro atoms. The second kappa shape index (κ2) is 5.64. The van der Waals surface area contributed by atoms with E-state index in [2.05, 4.69) is 15.1 Å². The van der Waals surface area contributed by atoms with Crippen LogP contribution in [0.25, 0.3) is 11.5 Å². The molecule has 0 bridgehead atoms. The van der Waals surface area contributed by atoms with Gasteiger partial charge in [-0.25, -0.2) is 0 Å². The van der Waals surface area contributed by atoms with Crippen molar-refractivity contribution in [3.63, 3.8) is 0 Å². The predicted molar refractivity (Wildman–Crippen MR) is 83.7 cm³/mol. The third kappa shape index (κ3) is 2.59. The first-order valence-electron chi connectivity index (χ1n) is 7.40. The van der Waals surface area contributed by atoms with Crippen molar-refractivity contribution < 1.29 is 9.32 Å². The van der Waals surface area contributed by atoms with Gasteiger partial charge >= 0.3 is 0 Å². The number of amides is 1. The van der Waals surface area contributed by atoms with Crippen LogP contribution in [0.2, 0.25) is 0 Å². The number of anilines is 1. The number of benzene rings is 1. The highest BCUT2D eigenvalue weighted by atomic mass is 16.5. The quantitative estimate of drug-likeness (QED) is 0.744. The van der Waals surface area contributed by atoms with Crippen LogP contribution in [-0.4, -0.2) is 27.6 Å². The molecule has 1 aromatic carbocycles. The lowest BCUT2D eigenvalue weighted by Gasteiger charge is -2.15. The number of hydrogen-bond donors (Lipinski definition) is 0. The van der Waals surface area contributed by atoms with E-state index in [0.717, 1.165) is 11.3 Å². The van der Waals surface area contributed by atoms with E-state index < -0.39 is 0 Å². The molecule has 1 aliphatic rings. The van der Waals surface area contributed by atoms with Crippen molar-refractivity contribution in [2.24, 2.45) is 0 Å². The summed E-state index contributed by atoms with van der Waals surface area (Å²) in [5.74, 6) is 1.05. The summed E-state index contributed by atoms with van der Waals surface area (Å²) in [5, 5.41) is 4.05. The normalized spacial score (nSPS) is 17.7. The van der Waals surface area contributed by atoms with E-state index in [1.54, 1.807) is 17.3 Å². The van der Waals surface area contributed by atoms with Gasteiger partial charge in [-0.3, -0.25) is 9.78 Å². The van der Waals surface area contributed by atoms with Gasteiger partial charge in [-0.05, 0) is 24.3 Å². The topological polar surface area (TPSA) is 72.1 Å². The highest BCUT2D eigenvalue weighted by molar-refractivity contribution is 5.96. The second-order valence-electron chi connectivity index (χ2n) is 5.43. The molecule has 1 saturated heterocycles. The van der Waals surface area contributed by atoms with Crippen LogP contribution >= 0.6 is 0 Å². The molecule has 4 rings (SSSR count). The van der Waals surface area contributed by atoms with Crippen molar-refractivity contribution in [3.05, 3.63) is 60.7 Å². The molecule has 0 N–H and O–H groups in total. The minimum Gasteiger partial charge on any atom is -0.334 e. The van der Waals surface area contributed by atoms with Crippen molar-refractivity contribution in [1.82, 2.24) is 15.1 Å². The average molecular weight is 306 g/mol. The number of pyridine rings is 1. The van der Waals surface area contributed by atoms with Crippen LogP contribution < -0.4 is 4.90 Å². The molecule has 6 nitrogen and oxygen atoms in total. The maximum Gasteiger partial charge on any atom is 0.258 e. The summed E-state index contributed by atoms with van der Waals surface area (Å²) < 4.78 is 5.32. The Morgan fingerprint density at radius 3 is 2.65 bits per heavy atom. The fourth-order valence-corrected chi connectivity index (χ4v) is 2.75. The maximum atomic E-state index is 12.3. The highest BCUT2D eigenvalue weighted by Gasteiger charge is 2.34. The Morgan fingerprint density at radius 2 is 1.87 bits per heavy atom. The SMILES string of the molecule is O=C1C[C@H](c2noc(-c3ccncc3)n2)CN1c1ccccc1. The van der Waals surface area contributed by atoms with Gasteiger partial charge in [0.25, 0.3) is 5.89 Å². The van der Waals surface area contributed by atoms with E-state index in [-0.39, 0.29) is 11.8 Å². The zero-order chi connectivity index (χ0) is 15.6. The molecule has 0 saturated carbocycles. The Morgan fingerprint density at radius 1 is 1.09 bits per heavy atom. The molecule has 0 radical (unpaired) electrons. The van der Waals surface area contributed by atoms with Gasteiger partial charge in [-0.1, -0.05) is 23.4 Å². The van der Waals surface area contributed by atoms with Crippen LogP contribution in [0.5, 0.6) is 0 Å². The lowest BCUT2D eigenvalue weighted by atomic mass is 10.1. The van der Waals surface area contributed by atoms with Gasteiger partial charge in [-0.2, -0.15) is 4.98 Å². The number of rotatable bonds is 3. The van der Waals surface area contributed by atoms with E-state index in [0.29, 0.717) is 24.7 Å². The van der Waals surface area contributed by atoms with Crippen molar-refractivity contribution in [2.75, 3.05) is 11.4 Å². The number of carbonyl (C=O) groups excluding carboxylic acids is 1. The standard InChI is InChI=1S/C17H14N4O2/c22-15-10-13(11-21(15)14-4-2-1-3-5-14)16-19-17(23-20-16)12-6-8-18-9-7-12/h1-9,13H,10-11H2/t13-/m0/s1. The minimum absolute atomic E-state index is 0.0537. The molecule has 1 atom stereocenters. The number of nitrogens with zero attached hydrogens (tertiary/aromatic N) is 4. The summed E-state index contributed by atoms with van der Waals surface area (Å²) in [5.41, 5.74) is 1.72. The number of aromatic nitrogens is 3. The van der Waals surface area contributed by atoms with E-state index in [1.165, 1.54) is 0 Å². The van der Waals surface area contributed by atoms with Gasteiger partial charge in [0.1, 0.15) is 0 Å². The molecular formula is C17H14N4O2. The molecule has 1 fully saturated rings. The number of carbonyl (C=O) groups is 1. The Hall–Kier alpha value is -3.02. The Kier molecular flexibility index (Phi) is 3.34. The maximum absolute atomic E-state index is 12.3. The van der Waals surface area contributed by atoms with E-state index in [1.807, 2.05) is 42.5 Å². The highest BCUT2D eigenvalue weighted by Crippen LogP contribution is 2.31. The molecule has 1 aliphatic heterocycles. The van der Waals surface area contributed by atoms with Crippen LogP contribution in [0.3, 0.4) is 0 Å². The average Bonchev–Trinajstić information content (AvgIpc) is 3.23. The summed E-state index contributed by atoms with van der Waals surface area (Å²) in [4.78, 5) is 22.4. The van der Waals surface area contributed by atoms with Crippen molar-refractivity contribution >= 4 is 11.6 Å².